The third kappa shape index (κ3) is 6.78. The predicted octanol–water partition coefficient (Wildman–Crippen LogP) is 5.29. The monoisotopic (exact) mass is 477 g/mol. The van der Waals surface area contributed by atoms with Crippen molar-refractivity contribution in [3.8, 4) is 0 Å². The Hall–Kier alpha value is -1.54. The molecule has 2 fully saturated rings. The standard InChI is InChI=1S/C26H39BF3N3O/c1-5-6-22(20-7-9-21(10-8-20)26(28,29)30)31-15-16-33(23(18-31)25(2,3)4)24(34)17-19-11-13-32(27)14-12-19/h7-10,19,22-23H,5-6,11-18H2,1-4H3/t22?,23-/m1/s1. The number of carbonyl (C=O) groups is 1. The van der Waals surface area contributed by atoms with Crippen molar-refractivity contribution in [2.24, 2.45) is 11.3 Å². The SMILES string of the molecule is [B]N1CCC(CC(=O)N2CCN(C(CCC)c3ccc(C(F)(F)F)cc3)C[C@@H]2C(C)(C)C)CC1. The molecule has 2 aliphatic heterocycles. The average Bonchev–Trinajstić information content (AvgIpc) is 2.77. The van der Waals surface area contributed by atoms with Gasteiger partial charge in [-0.15, -0.1) is 0 Å². The quantitative estimate of drug-likeness (QED) is 0.521. The van der Waals surface area contributed by atoms with Crippen molar-refractivity contribution in [1.82, 2.24) is 14.6 Å². The van der Waals surface area contributed by atoms with Crippen molar-refractivity contribution >= 4 is 13.9 Å². The fourth-order valence-corrected chi connectivity index (χ4v) is 5.38. The molecule has 4 nitrogen and oxygen atoms in total. The molecular weight excluding hydrogens is 438 g/mol. The van der Waals surface area contributed by atoms with E-state index in [1.54, 1.807) is 12.1 Å². The minimum absolute atomic E-state index is 0.0447. The van der Waals surface area contributed by atoms with Crippen molar-refractivity contribution in [3.05, 3.63) is 35.4 Å². The maximum absolute atomic E-state index is 13.4. The van der Waals surface area contributed by atoms with Gasteiger partial charge in [-0.2, -0.15) is 13.2 Å². The first-order chi connectivity index (χ1) is 15.9. The molecule has 1 aromatic carbocycles. The molecule has 0 saturated carbocycles. The molecule has 3 rings (SSSR count). The maximum Gasteiger partial charge on any atom is 0.416 e. The van der Waals surface area contributed by atoms with Crippen molar-refractivity contribution in [3.63, 3.8) is 0 Å². The number of piperidine rings is 1. The Morgan fingerprint density at radius 1 is 1.06 bits per heavy atom. The highest BCUT2D eigenvalue weighted by Gasteiger charge is 2.40. The lowest BCUT2D eigenvalue weighted by molar-refractivity contribution is -0.141. The van der Waals surface area contributed by atoms with Gasteiger partial charge in [-0.1, -0.05) is 46.2 Å². The summed E-state index contributed by atoms with van der Waals surface area (Å²) in [6, 6.07) is 5.71. The molecule has 0 bridgehead atoms. The molecule has 8 heteroatoms. The Kier molecular flexibility index (Phi) is 8.77. The molecule has 188 valence electrons. The summed E-state index contributed by atoms with van der Waals surface area (Å²) in [5, 5.41) is 0. The lowest BCUT2D eigenvalue weighted by atomic mass is 9.82. The Morgan fingerprint density at radius 2 is 1.68 bits per heavy atom. The first kappa shape index (κ1) is 27.1. The second-order valence-electron chi connectivity index (χ2n) is 11.1. The Morgan fingerprint density at radius 3 is 2.21 bits per heavy atom. The number of carbonyl (C=O) groups excluding carboxylic acids is 1. The first-order valence-corrected chi connectivity index (χ1v) is 12.6. The van der Waals surface area contributed by atoms with Gasteiger partial charge in [-0.25, -0.2) is 0 Å². The van der Waals surface area contributed by atoms with Gasteiger partial charge in [0, 0.05) is 38.1 Å². The highest BCUT2D eigenvalue weighted by molar-refractivity contribution is 6.04. The third-order valence-corrected chi connectivity index (χ3v) is 7.47. The molecule has 2 heterocycles. The summed E-state index contributed by atoms with van der Waals surface area (Å²) in [5.74, 6) is 0.600. The van der Waals surface area contributed by atoms with Crippen molar-refractivity contribution in [2.75, 3.05) is 32.7 Å². The van der Waals surface area contributed by atoms with Crippen LogP contribution in [0.5, 0.6) is 0 Å². The average molecular weight is 477 g/mol. The normalized spacial score (nSPS) is 22.7. The second-order valence-corrected chi connectivity index (χ2v) is 11.1. The lowest BCUT2D eigenvalue weighted by Gasteiger charge is -2.50. The summed E-state index contributed by atoms with van der Waals surface area (Å²) in [7, 11) is 5.87. The number of nitrogens with zero attached hydrogens (tertiary/aromatic N) is 3. The van der Waals surface area contributed by atoms with Gasteiger partial charge in [0.15, 0.2) is 7.98 Å². The van der Waals surface area contributed by atoms with Gasteiger partial charge in [0.1, 0.15) is 0 Å². The van der Waals surface area contributed by atoms with Gasteiger partial charge < -0.3 is 9.71 Å². The number of amides is 1. The molecule has 2 aliphatic rings. The zero-order valence-electron chi connectivity index (χ0n) is 21.1. The van der Waals surface area contributed by atoms with E-state index >= 15 is 0 Å². The van der Waals surface area contributed by atoms with E-state index in [-0.39, 0.29) is 23.4 Å². The number of hydrogen-bond donors (Lipinski definition) is 0. The minimum atomic E-state index is -4.33. The number of benzene rings is 1. The molecule has 1 amide bonds. The summed E-state index contributed by atoms with van der Waals surface area (Å²) in [6.45, 7) is 12.4. The highest BCUT2D eigenvalue weighted by Crippen LogP contribution is 2.36. The number of piperazine rings is 1. The summed E-state index contributed by atoms with van der Waals surface area (Å²) < 4.78 is 39.2. The molecule has 2 atom stereocenters. The Bertz CT molecular complexity index is 801. The van der Waals surface area contributed by atoms with E-state index in [2.05, 4.69) is 37.5 Å². The molecule has 0 aromatic heterocycles. The van der Waals surface area contributed by atoms with Crippen LogP contribution in [0.2, 0.25) is 0 Å². The van der Waals surface area contributed by atoms with Gasteiger partial charge in [0.25, 0.3) is 0 Å². The zero-order chi connectivity index (χ0) is 25.1. The first-order valence-electron chi connectivity index (χ1n) is 12.6. The summed E-state index contributed by atoms with van der Waals surface area (Å²) >= 11 is 0. The Balaban J connectivity index is 1.74. The summed E-state index contributed by atoms with van der Waals surface area (Å²) in [6.07, 6.45) is -0.0525. The van der Waals surface area contributed by atoms with Crippen LogP contribution in [0.4, 0.5) is 13.2 Å². The van der Waals surface area contributed by atoms with Gasteiger partial charge >= 0.3 is 6.18 Å². The highest BCUT2D eigenvalue weighted by atomic mass is 19.4. The maximum atomic E-state index is 13.4. The molecule has 0 spiro atoms. The van der Waals surface area contributed by atoms with Gasteiger partial charge in [0.2, 0.25) is 5.91 Å². The van der Waals surface area contributed by atoms with Crippen molar-refractivity contribution in [1.29, 1.82) is 0 Å². The smallest absolute Gasteiger partial charge is 0.353 e. The van der Waals surface area contributed by atoms with Crippen LogP contribution in [0, 0.1) is 11.3 Å². The van der Waals surface area contributed by atoms with Crippen LogP contribution in [0.15, 0.2) is 24.3 Å². The van der Waals surface area contributed by atoms with Crippen LogP contribution >= 0.6 is 0 Å². The third-order valence-electron chi connectivity index (χ3n) is 7.47. The van der Waals surface area contributed by atoms with Crippen LogP contribution in [0.1, 0.15) is 77.0 Å². The summed E-state index contributed by atoms with van der Waals surface area (Å²) in [4.78, 5) is 19.6. The molecular formula is C26H39BF3N3O. The van der Waals surface area contributed by atoms with Crippen LogP contribution < -0.4 is 0 Å². The van der Waals surface area contributed by atoms with Crippen molar-refractivity contribution in [2.45, 2.75) is 78.1 Å². The molecule has 0 N–H and O–H groups in total. The van der Waals surface area contributed by atoms with Gasteiger partial charge in [-0.3, -0.25) is 9.69 Å². The number of rotatable bonds is 6. The Labute approximate surface area is 204 Å². The fraction of sp³-hybridized carbons (Fsp3) is 0.731. The van der Waals surface area contributed by atoms with E-state index < -0.39 is 11.7 Å². The number of hydrogen-bond acceptors (Lipinski definition) is 3. The van der Waals surface area contributed by atoms with Crippen LogP contribution in [-0.2, 0) is 11.0 Å². The van der Waals surface area contributed by atoms with Crippen LogP contribution in [0.3, 0.4) is 0 Å². The van der Waals surface area contributed by atoms with Crippen LogP contribution in [-0.4, -0.2) is 67.3 Å². The van der Waals surface area contributed by atoms with Crippen molar-refractivity contribution < 1.29 is 18.0 Å². The predicted molar refractivity (Wildman–Crippen MR) is 130 cm³/mol. The van der Waals surface area contributed by atoms with E-state index in [0.717, 1.165) is 57.4 Å². The van der Waals surface area contributed by atoms with Gasteiger partial charge in [0.05, 0.1) is 5.56 Å². The van der Waals surface area contributed by atoms with E-state index in [1.807, 2.05) is 4.81 Å². The molecule has 2 radical (unpaired) electrons. The second kappa shape index (κ2) is 11.0. The number of halogens is 3. The molecule has 1 aromatic rings. The van der Waals surface area contributed by atoms with E-state index in [4.69, 9.17) is 7.98 Å². The zero-order valence-corrected chi connectivity index (χ0v) is 21.1. The van der Waals surface area contributed by atoms with E-state index in [1.165, 1.54) is 12.1 Å². The van der Waals surface area contributed by atoms with Crippen LogP contribution in [0.25, 0.3) is 0 Å². The number of alkyl halides is 3. The van der Waals surface area contributed by atoms with Gasteiger partial charge in [-0.05, 0) is 61.4 Å². The minimum Gasteiger partial charge on any atom is -0.353 e. The lowest BCUT2D eigenvalue weighted by Crippen LogP contribution is -2.60. The topological polar surface area (TPSA) is 26.8 Å². The van der Waals surface area contributed by atoms with E-state index in [9.17, 15) is 18.0 Å². The molecule has 34 heavy (non-hydrogen) atoms. The molecule has 0 aliphatic carbocycles. The fourth-order valence-electron chi connectivity index (χ4n) is 5.38. The molecule has 1 unspecified atom stereocenters. The van der Waals surface area contributed by atoms with E-state index in [0.29, 0.717) is 18.9 Å². The summed E-state index contributed by atoms with van der Waals surface area (Å²) in [5.41, 5.74) is 0.192. The largest absolute Gasteiger partial charge is 0.416 e. The molecule has 2 saturated heterocycles.